The first kappa shape index (κ1) is 25.9. The van der Waals surface area contributed by atoms with E-state index in [2.05, 4.69) is 4.74 Å². The van der Waals surface area contributed by atoms with Crippen LogP contribution in [0.5, 0.6) is 17.2 Å². The molecule has 11 heteroatoms. The number of ether oxygens (including phenoxy) is 2. The molecule has 0 aromatic heterocycles. The van der Waals surface area contributed by atoms with E-state index in [0.29, 0.717) is 11.1 Å². The van der Waals surface area contributed by atoms with Gasteiger partial charge in [-0.3, -0.25) is 14.5 Å². The Morgan fingerprint density at radius 1 is 1.03 bits per heavy atom. The number of rotatable bonds is 5. The second-order valence-electron chi connectivity index (χ2n) is 8.13. The number of amides is 1. The number of anilines is 1. The van der Waals surface area contributed by atoms with Crippen LogP contribution in [0.25, 0.3) is 5.76 Å². The van der Waals surface area contributed by atoms with Crippen molar-refractivity contribution in [3.8, 4) is 17.2 Å². The molecule has 1 aliphatic rings. The fourth-order valence-electron chi connectivity index (χ4n) is 4.14. The molecule has 1 atom stereocenters. The van der Waals surface area contributed by atoms with Crippen LogP contribution in [0.3, 0.4) is 0 Å². The Morgan fingerprint density at radius 2 is 1.65 bits per heavy atom. The Labute approximate surface area is 213 Å². The van der Waals surface area contributed by atoms with E-state index in [-0.39, 0.29) is 33.3 Å². The van der Waals surface area contributed by atoms with Crippen molar-refractivity contribution in [3.05, 3.63) is 87.9 Å². The van der Waals surface area contributed by atoms with Gasteiger partial charge >= 0.3 is 6.36 Å². The molecule has 192 valence electrons. The first-order chi connectivity index (χ1) is 17.4. The van der Waals surface area contributed by atoms with Crippen molar-refractivity contribution in [1.82, 2.24) is 0 Å². The number of ketones is 1. The molecule has 3 aromatic carbocycles. The number of nitrogens with zero attached hydrogens (tertiary/aromatic N) is 1. The molecule has 0 spiro atoms. The van der Waals surface area contributed by atoms with Crippen LogP contribution in [0.1, 0.15) is 22.7 Å². The molecule has 37 heavy (non-hydrogen) atoms. The fourth-order valence-corrected chi connectivity index (χ4v) is 4.49. The Kier molecular flexibility index (Phi) is 6.79. The number of carbonyl (C=O) groups is 2. The number of halogens is 4. The average molecular weight is 534 g/mol. The summed E-state index contributed by atoms with van der Waals surface area (Å²) in [5.74, 6) is -3.14. The summed E-state index contributed by atoms with van der Waals surface area (Å²) in [5, 5.41) is 21.3. The van der Waals surface area contributed by atoms with Gasteiger partial charge in [0.1, 0.15) is 23.0 Å². The quantitative estimate of drug-likeness (QED) is 0.241. The van der Waals surface area contributed by atoms with Crippen LogP contribution >= 0.6 is 11.6 Å². The van der Waals surface area contributed by atoms with Crippen molar-refractivity contribution >= 4 is 34.7 Å². The smallest absolute Gasteiger partial charge is 0.508 e. The van der Waals surface area contributed by atoms with Crippen LogP contribution < -0.4 is 14.4 Å². The van der Waals surface area contributed by atoms with Gasteiger partial charge in [-0.2, -0.15) is 0 Å². The van der Waals surface area contributed by atoms with E-state index in [0.717, 1.165) is 17.0 Å². The molecule has 0 bridgehead atoms. The summed E-state index contributed by atoms with van der Waals surface area (Å²) < 4.78 is 47.0. The van der Waals surface area contributed by atoms with Gasteiger partial charge in [0, 0.05) is 5.69 Å². The van der Waals surface area contributed by atoms with Gasteiger partial charge in [0.15, 0.2) is 0 Å². The Bertz CT molecular complexity index is 1400. The summed E-state index contributed by atoms with van der Waals surface area (Å²) in [4.78, 5) is 27.5. The highest BCUT2D eigenvalue weighted by atomic mass is 35.5. The van der Waals surface area contributed by atoms with E-state index in [4.69, 9.17) is 16.3 Å². The lowest BCUT2D eigenvalue weighted by atomic mass is 9.94. The summed E-state index contributed by atoms with van der Waals surface area (Å²) in [6, 6.07) is 11.9. The number of hydrogen-bond donors (Lipinski definition) is 2. The third-order valence-corrected chi connectivity index (χ3v) is 5.93. The van der Waals surface area contributed by atoms with Gasteiger partial charge in [-0.1, -0.05) is 23.7 Å². The van der Waals surface area contributed by atoms with Crippen molar-refractivity contribution in [1.29, 1.82) is 0 Å². The second kappa shape index (κ2) is 9.70. The summed E-state index contributed by atoms with van der Waals surface area (Å²) in [5.41, 5.74) is 0.826. The second-order valence-corrected chi connectivity index (χ2v) is 8.54. The minimum absolute atomic E-state index is 0.0722. The van der Waals surface area contributed by atoms with Gasteiger partial charge in [-0.05, 0) is 66.6 Å². The van der Waals surface area contributed by atoms with E-state index in [1.165, 1.54) is 49.6 Å². The van der Waals surface area contributed by atoms with Gasteiger partial charge in [-0.25, -0.2) is 0 Å². The number of phenolic OH excluding ortho intramolecular Hbond substituents is 1. The van der Waals surface area contributed by atoms with Crippen LogP contribution in [-0.4, -0.2) is 35.4 Å². The molecule has 2 N–H and O–H groups in total. The molecule has 1 fully saturated rings. The molecule has 0 radical (unpaired) electrons. The van der Waals surface area contributed by atoms with Crippen LogP contribution in [0.4, 0.5) is 18.9 Å². The highest BCUT2D eigenvalue weighted by molar-refractivity contribution is 6.51. The predicted molar refractivity (Wildman–Crippen MR) is 129 cm³/mol. The first-order valence-electron chi connectivity index (χ1n) is 10.7. The van der Waals surface area contributed by atoms with E-state index >= 15 is 0 Å². The SMILES string of the molecule is COc1c(Cl)cc(C)cc1/C(O)=C1\C(=O)C(=O)N(c2ccc(OC(F)(F)F)cc2)C1c1ccc(O)cc1. The number of hydrogen-bond acceptors (Lipinski definition) is 6. The maximum atomic E-state index is 13.3. The highest BCUT2D eigenvalue weighted by Gasteiger charge is 2.47. The maximum absolute atomic E-state index is 13.3. The molecule has 1 heterocycles. The number of aromatic hydroxyl groups is 1. The van der Waals surface area contributed by atoms with Crippen molar-refractivity contribution in [2.45, 2.75) is 19.3 Å². The van der Waals surface area contributed by atoms with Gasteiger partial charge in [0.25, 0.3) is 11.7 Å². The number of Topliss-reactive ketones (excluding diaryl/α,β-unsaturated/α-hetero) is 1. The van der Waals surface area contributed by atoms with Crippen LogP contribution in [0, 0.1) is 6.92 Å². The Hall–Kier alpha value is -4.18. The molecule has 0 aliphatic carbocycles. The van der Waals surface area contributed by atoms with E-state index in [1.807, 2.05) is 0 Å². The maximum Gasteiger partial charge on any atom is 0.573 e. The minimum atomic E-state index is -4.91. The normalized spacial score (nSPS) is 17.2. The van der Waals surface area contributed by atoms with Crippen LogP contribution in [-0.2, 0) is 9.59 Å². The molecule has 1 aliphatic heterocycles. The summed E-state index contributed by atoms with van der Waals surface area (Å²) in [6.07, 6.45) is -4.91. The van der Waals surface area contributed by atoms with Crippen molar-refractivity contribution in [3.63, 3.8) is 0 Å². The van der Waals surface area contributed by atoms with Crippen molar-refractivity contribution < 1.29 is 42.4 Å². The summed E-state index contributed by atoms with van der Waals surface area (Å²) >= 11 is 6.27. The van der Waals surface area contributed by atoms with Crippen molar-refractivity contribution in [2.24, 2.45) is 0 Å². The standard InChI is InChI=1S/C26H19ClF3NO6/c1-13-11-18(24(36-2)19(27)12-13)22(33)20-21(14-3-7-16(32)8-4-14)31(25(35)23(20)34)15-5-9-17(10-6-15)37-26(28,29)30/h3-12,21,32-33H,1-2H3/b22-20+. The largest absolute Gasteiger partial charge is 0.573 e. The Morgan fingerprint density at radius 3 is 2.22 bits per heavy atom. The molecule has 1 amide bonds. The molecule has 7 nitrogen and oxygen atoms in total. The Balaban J connectivity index is 1.92. The lowest BCUT2D eigenvalue weighted by molar-refractivity contribution is -0.274. The fraction of sp³-hybridized carbons (Fsp3) is 0.154. The number of aliphatic hydroxyl groups excluding tert-OH is 1. The van der Waals surface area contributed by atoms with Crippen molar-refractivity contribution in [2.75, 3.05) is 12.0 Å². The zero-order valence-electron chi connectivity index (χ0n) is 19.3. The molecule has 1 unspecified atom stereocenters. The van der Waals surface area contributed by atoms with E-state index in [9.17, 15) is 33.0 Å². The molecule has 3 aromatic rings. The number of aryl methyl sites for hydroxylation is 1. The number of phenols is 1. The molecule has 0 saturated carbocycles. The lowest BCUT2D eigenvalue weighted by Crippen LogP contribution is -2.29. The molecule has 1 saturated heterocycles. The third-order valence-electron chi connectivity index (χ3n) is 5.65. The number of alkyl halides is 3. The number of carbonyl (C=O) groups excluding carboxylic acids is 2. The topological polar surface area (TPSA) is 96.3 Å². The van der Waals surface area contributed by atoms with Gasteiger partial charge in [0.2, 0.25) is 0 Å². The lowest BCUT2D eigenvalue weighted by Gasteiger charge is -2.26. The third kappa shape index (κ3) is 5.05. The minimum Gasteiger partial charge on any atom is -0.508 e. The van der Waals surface area contributed by atoms with Crippen LogP contribution in [0.15, 0.2) is 66.2 Å². The monoisotopic (exact) mass is 533 g/mol. The zero-order valence-corrected chi connectivity index (χ0v) is 20.1. The van der Waals surface area contributed by atoms with Gasteiger partial charge < -0.3 is 19.7 Å². The highest BCUT2D eigenvalue weighted by Crippen LogP contribution is 2.45. The summed E-state index contributed by atoms with van der Waals surface area (Å²) in [6.45, 7) is 1.71. The molecular formula is C26H19ClF3NO6. The van der Waals surface area contributed by atoms with Gasteiger partial charge in [0.05, 0.1) is 29.3 Å². The molecular weight excluding hydrogens is 515 g/mol. The number of aliphatic hydroxyl groups is 1. The average Bonchev–Trinajstić information content (AvgIpc) is 3.08. The number of benzene rings is 3. The predicted octanol–water partition coefficient (Wildman–Crippen LogP) is 5.89. The first-order valence-corrected chi connectivity index (χ1v) is 11.1. The van der Waals surface area contributed by atoms with Gasteiger partial charge in [-0.15, -0.1) is 13.2 Å². The van der Waals surface area contributed by atoms with E-state index in [1.54, 1.807) is 13.0 Å². The zero-order chi connectivity index (χ0) is 27.1. The number of methoxy groups -OCH3 is 1. The summed E-state index contributed by atoms with van der Waals surface area (Å²) in [7, 11) is 1.33. The molecule has 4 rings (SSSR count). The van der Waals surface area contributed by atoms with E-state index < -0.39 is 35.6 Å². The van der Waals surface area contributed by atoms with Crippen LogP contribution in [0.2, 0.25) is 5.02 Å².